The molecule has 0 atom stereocenters. The summed E-state index contributed by atoms with van der Waals surface area (Å²) in [5.41, 5.74) is 2.17. The number of carbonyl (C=O) groups excluding carboxylic acids is 1. The molecular weight excluding hydrogens is 452 g/mol. The van der Waals surface area contributed by atoms with E-state index in [0.29, 0.717) is 17.1 Å². The molecule has 0 heterocycles. The van der Waals surface area contributed by atoms with Gasteiger partial charge in [-0.25, -0.2) is 13.9 Å². The molecule has 0 unspecified atom stereocenters. The van der Waals surface area contributed by atoms with Gasteiger partial charge in [-0.15, -0.1) is 0 Å². The summed E-state index contributed by atoms with van der Waals surface area (Å²) in [6, 6.07) is 11.3. The maximum atomic E-state index is 13.1. The lowest BCUT2D eigenvalue weighted by Crippen LogP contribution is -2.34. The molecule has 1 amide bonds. The molecule has 2 aromatic carbocycles. The molecular formula is C18H21BrN2O6S. The molecule has 0 aliphatic carbocycles. The first-order chi connectivity index (χ1) is 13.3. The second-order valence-electron chi connectivity index (χ2n) is 5.77. The Kier molecular flexibility index (Phi) is 7.81. The van der Waals surface area contributed by atoms with Gasteiger partial charge in [-0.2, -0.15) is 4.31 Å². The Balaban J connectivity index is 2.36. The first-order valence-electron chi connectivity index (χ1n) is 8.21. The maximum absolute atomic E-state index is 13.1. The number of nitrogens with one attached hydrogen (secondary N) is 1. The predicted octanol–water partition coefficient (Wildman–Crippen LogP) is 2.55. The van der Waals surface area contributed by atoms with Crippen molar-refractivity contribution >= 4 is 31.9 Å². The minimum Gasteiger partial charge on any atom is -0.493 e. The van der Waals surface area contributed by atoms with Crippen LogP contribution in [0.25, 0.3) is 0 Å². The number of sulfonamides is 1. The highest BCUT2D eigenvalue weighted by Gasteiger charge is 2.25. The molecule has 28 heavy (non-hydrogen) atoms. The van der Waals surface area contributed by atoms with Gasteiger partial charge in [0.2, 0.25) is 15.9 Å². The summed E-state index contributed by atoms with van der Waals surface area (Å²) in [7, 11) is -0.877. The van der Waals surface area contributed by atoms with Crippen molar-refractivity contribution in [1.29, 1.82) is 0 Å². The lowest BCUT2D eigenvalue weighted by molar-refractivity contribution is -0.129. The van der Waals surface area contributed by atoms with Crippen molar-refractivity contribution in [3.63, 3.8) is 0 Å². The SMILES string of the molecule is COc1ccc(CN(CCC(=O)NO)S(=O)(=O)c2ccc(Br)cc2)cc1OC. The normalized spacial score (nSPS) is 11.3. The van der Waals surface area contributed by atoms with Crippen LogP contribution in [0.15, 0.2) is 51.8 Å². The number of rotatable bonds is 9. The predicted molar refractivity (Wildman–Crippen MR) is 106 cm³/mol. The summed E-state index contributed by atoms with van der Waals surface area (Å²) in [6.45, 7) is -0.101. The highest BCUT2D eigenvalue weighted by atomic mass is 79.9. The lowest BCUT2D eigenvalue weighted by atomic mass is 10.2. The third-order valence-electron chi connectivity index (χ3n) is 3.97. The number of hydroxylamine groups is 1. The molecule has 2 N–H and O–H groups in total. The zero-order valence-electron chi connectivity index (χ0n) is 15.4. The van der Waals surface area contributed by atoms with Crippen molar-refractivity contribution in [2.45, 2.75) is 17.9 Å². The molecule has 152 valence electrons. The third kappa shape index (κ3) is 5.44. The van der Waals surface area contributed by atoms with Crippen LogP contribution in [-0.4, -0.2) is 44.6 Å². The van der Waals surface area contributed by atoms with Crippen LogP contribution in [0, 0.1) is 0 Å². The minimum absolute atomic E-state index is 0.0114. The summed E-state index contributed by atoms with van der Waals surface area (Å²) in [5.74, 6) is 0.311. The quantitative estimate of drug-likeness (QED) is 0.429. The number of benzene rings is 2. The van der Waals surface area contributed by atoms with Gasteiger partial charge in [0.25, 0.3) is 0 Å². The molecule has 0 aliphatic heterocycles. The number of hydrogen-bond donors (Lipinski definition) is 2. The van der Waals surface area contributed by atoms with E-state index in [2.05, 4.69) is 15.9 Å². The fourth-order valence-electron chi connectivity index (χ4n) is 2.50. The third-order valence-corrected chi connectivity index (χ3v) is 6.36. The number of nitrogens with zero attached hydrogens (tertiary/aromatic N) is 1. The van der Waals surface area contributed by atoms with Crippen molar-refractivity contribution in [1.82, 2.24) is 9.79 Å². The molecule has 0 radical (unpaired) electrons. The van der Waals surface area contributed by atoms with Crippen molar-refractivity contribution in [2.75, 3.05) is 20.8 Å². The van der Waals surface area contributed by atoms with E-state index in [1.165, 1.54) is 36.1 Å². The largest absolute Gasteiger partial charge is 0.493 e. The van der Waals surface area contributed by atoms with Crippen LogP contribution < -0.4 is 15.0 Å². The Hall–Kier alpha value is -2.14. The number of carbonyl (C=O) groups is 1. The van der Waals surface area contributed by atoms with Gasteiger partial charge in [-0.3, -0.25) is 10.0 Å². The number of ether oxygens (including phenoxy) is 2. The Morgan fingerprint density at radius 2 is 1.75 bits per heavy atom. The van der Waals surface area contributed by atoms with Crippen molar-refractivity contribution < 1.29 is 27.9 Å². The number of hydrogen-bond acceptors (Lipinski definition) is 6. The summed E-state index contributed by atoms with van der Waals surface area (Å²) >= 11 is 3.28. The fourth-order valence-corrected chi connectivity index (χ4v) is 4.20. The molecule has 10 heteroatoms. The van der Waals surface area contributed by atoms with Gasteiger partial charge in [0.1, 0.15) is 0 Å². The highest BCUT2D eigenvalue weighted by Crippen LogP contribution is 2.29. The van der Waals surface area contributed by atoms with Crippen LogP contribution in [0.4, 0.5) is 0 Å². The van der Waals surface area contributed by atoms with Gasteiger partial charge in [-0.05, 0) is 42.0 Å². The molecule has 8 nitrogen and oxygen atoms in total. The molecule has 0 aliphatic rings. The average molecular weight is 473 g/mol. The summed E-state index contributed by atoms with van der Waals surface area (Å²) in [5, 5.41) is 8.71. The van der Waals surface area contributed by atoms with E-state index in [-0.39, 0.29) is 24.4 Å². The molecule has 0 aromatic heterocycles. The first kappa shape index (κ1) is 22.2. The van der Waals surface area contributed by atoms with E-state index in [9.17, 15) is 13.2 Å². The fraction of sp³-hybridized carbons (Fsp3) is 0.278. The van der Waals surface area contributed by atoms with Gasteiger partial charge in [-0.1, -0.05) is 22.0 Å². The van der Waals surface area contributed by atoms with Crippen LogP contribution in [-0.2, 0) is 21.4 Å². The van der Waals surface area contributed by atoms with E-state index in [0.717, 1.165) is 4.47 Å². The summed E-state index contributed by atoms with van der Waals surface area (Å²) in [6.07, 6.45) is -0.195. The molecule has 0 fully saturated rings. The van der Waals surface area contributed by atoms with Gasteiger partial charge in [0, 0.05) is 24.0 Å². The van der Waals surface area contributed by atoms with Gasteiger partial charge < -0.3 is 9.47 Å². The summed E-state index contributed by atoms with van der Waals surface area (Å²) < 4.78 is 38.6. The van der Waals surface area contributed by atoms with E-state index in [1.54, 1.807) is 30.3 Å². The smallest absolute Gasteiger partial charge is 0.244 e. The second-order valence-corrected chi connectivity index (χ2v) is 8.62. The Morgan fingerprint density at radius 3 is 2.32 bits per heavy atom. The molecule has 0 bridgehead atoms. The maximum Gasteiger partial charge on any atom is 0.244 e. The average Bonchev–Trinajstić information content (AvgIpc) is 2.70. The van der Waals surface area contributed by atoms with Crippen molar-refractivity contribution in [3.8, 4) is 11.5 Å². The van der Waals surface area contributed by atoms with Crippen LogP contribution in [0.1, 0.15) is 12.0 Å². The molecule has 0 saturated heterocycles. The molecule has 2 aromatic rings. The van der Waals surface area contributed by atoms with Crippen molar-refractivity contribution in [3.05, 3.63) is 52.5 Å². The molecule has 0 spiro atoms. The Labute approximate surface area is 172 Å². The van der Waals surface area contributed by atoms with E-state index < -0.39 is 15.9 Å². The number of halogens is 1. The van der Waals surface area contributed by atoms with Crippen LogP contribution in [0.3, 0.4) is 0 Å². The van der Waals surface area contributed by atoms with Crippen LogP contribution in [0.5, 0.6) is 11.5 Å². The topological polar surface area (TPSA) is 105 Å². The van der Waals surface area contributed by atoms with E-state index in [1.807, 2.05) is 0 Å². The zero-order valence-corrected chi connectivity index (χ0v) is 17.8. The number of methoxy groups -OCH3 is 2. The zero-order chi connectivity index (χ0) is 20.7. The Bertz CT molecular complexity index is 918. The second kappa shape index (κ2) is 9.87. The van der Waals surface area contributed by atoms with Crippen LogP contribution in [0.2, 0.25) is 0 Å². The lowest BCUT2D eigenvalue weighted by Gasteiger charge is -2.22. The summed E-state index contributed by atoms with van der Waals surface area (Å²) in [4.78, 5) is 11.5. The number of amides is 1. The van der Waals surface area contributed by atoms with Gasteiger partial charge in [0.05, 0.1) is 19.1 Å². The van der Waals surface area contributed by atoms with E-state index >= 15 is 0 Å². The van der Waals surface area contributed by atoms with Crippen LogP contribution >= 0.6 is 15.9 Å². The van der Waals surface area contributed by atoms with Crippen molar-refractivity contribution in [2.24, 2.45) is 0 Å². The minimum atomic E-state index is -3.88. The molecule has 0 saturated carbocycles. The van der Waals surface area contributed by atoms with Gasteiger partial charge >= 0.3 is 0 Å². The standard InChI is InChI=1S/C18H21BrN2O6S/c1-26-16-8-3-13(11-17(16)27-2)12-21(10-9-18(22)20-23)28(24,25)15-6-4-14(19)5-7-15/h3-8,11,23H,9-10,12H2,1-2H3,(H,20,22). The Morgan fingerprint density at radius 1 is 1.11 bits per heavy atom. The first-order valence-corrected chi connectivity index (χ1v) is 10.4. The highest BCUT2D eigenvalue weighted by molar-refractivity contribution is 9.10. The monoisotopic (exact) mass is 472 g/mol. The van der Waals surface area contributed by atoms with Gasteiger partial charge in [0.15, 0.2) is 11.5 Å². The molecule has 2 rings (SSSR count). The van der Waals surface area contributed by atoms with E-state index in [4.69, 9.17) is 14.7 Å².